The van der Waals surface area contributed by atoms with Gasteiger partial charge in [-0.3, -0.25) is 14.4 Å². The number of carbonyl (C=O) groups is 3. The molecule has 8 nitrogen and oxygen atoms in total. The number of ether oxygens (including phenoxy) is 3. The van der Waals surface area contributed by atoms with Crippen LogP contribution in [0.5, 0.6) is 0 Å². The van der Waals surface area contributed by atoms with Crippen LogP contribution in [-0.4, -0.2) is 61.7 Å². The van der Waals surface area contributed by atoms with E-state index in [0.717, 1.165) is 0 Å². The van der Waals surface area contributed by atoms with Gasteiger partial charge in [0.15, 0.2) is 0 Å². The van der Waals surface area contributed by atoms with E-state index in [1.54, 1.807) is 12.2 Å². The van der Waals surface area contributed by atoms with Crippen LogP contribution in [0.15, 0.2) is 12.2 Å². The summed E-state index contributed by atoms with van der Waals surface area (Å²) in [7, 11) is 0. The normalized spacial score (nSPS) is 12.2. The zero-order valence-corrected chi connectivity index (χ0v) is 11.6. The van der Waals surface area contributed by atoms with Gasteiger partial charge in [0.1, 0.15) is 12.5 Å². The van der Waals surface area contributed by atoms with Gasteiger partial charge in [-0.2, -0.15) is 0 Å². The first kappa shape index (κ1) is 19.1. The lowest BCUT2D eigenvalue weighted by molar-refractivity contribution is -0.148. The molecule has 21 heavy (non-hydrogen) atoms. The van der Waals surface area contributed by atoms with Gasteiger partial charge >= 0.3 is 11.9 Å². The fraction of sp³-hybridized carbons (Fsp3) is 0.615. The number of aliphatic carboxylic acids is 2. The second-order valence-corrected chi connectivity index (χ2v) is 4.05. The van der Waals surface area contributed by atoms with Crippen LogP contribution in [0.3, 0.4) is 0 Å². The smallest absolute Gasteiger partial charge is 0.312 e. The highest BCUT2D eigenvalue weighted by Crippen LogP contribution is 1.99. The van der Waals surface area contributed by atoms with E-state index in [9.17, 15) is 14.4 Å². The zero-order chi connectivity index (χ0) is 15.9. The van der Waals surface area contributed by atoms with Crippen LogP contribution in [0.2, 0.25) is 0 Å². The van der Waals surface area contributed by atoms with Crippen molar-refractivity contribution < 1.29 is 38.8 Å². The molecule has 120 valence electrons. The second-order valence-electron chi connectivity index (χ2n) is 4.05. The number of rotatable bonds is 14. The fourth-order valence-electron chi connectivity index (χ4n) is 1.24. The maximum atomic E-state index is 10.8. The van der Waals surface area contributed by atoms with Gasteiger partial charge in [-0.25, -0.2) is 0 Å². The molecule has 8 heteroatoms. The van der Waals surface area contributed by atoms with Crippen LogP contribution in [-0.2, 0) is 28.6 Å². The summed E-state index contributed by atoms with van der Waals surface area (Å²) in [6.45, 7) is 0.810. The standard InChI is InChI=1S/C13H20O8/c14-10-21-9-11(13(17)18)8-20-6-2-1-5-19-7-3-4-12(15)16/h1-2,10-11H,3-9H2,(H,15,16)(H,17,18). The van der Waals surface area contributed by atoms with Crippen molar-refractivity contribution in [3.8, 4) is 0 Å². The molecule has 0 radical (unpaired) electrons. The zero-order valence-electron chi connectivity index (χ0n) is 11.6. The van der Waals surface area contributed by atoms with E-state index >= 15 is 0 Å². The molecule has 0 spiro atoms. The highest BCUT2D eigenvalue weighted by Gasteiger charge is 2.17. The summed E-state index contributed by atoms with van der Waals surface area (Å²) in [5, 5.41) is 17.2. The topological polar surface area (TPSA) is 119 Å². The van der Waals surface area contributed by atoms with E-state index in [-0.39, 0.29) is 32.7 Å². The van der Waals surface area contributed by atoms with Gasteiger partial charge in [0, 0.05) is 13.0 Å². The minimum Gasteiger partial charge on any atom is -0.481 e. The molecule has 1 unspecified atom stereocenters. The average molecular weight is 304 g/mol. The molecular weight excluding hydrogens is 284 g/mol. The molecular formula is C13H20O8. The van der Waals surface area contributed by atoms with E-state index in [4.69, 9.17) is 19.7 Å². The number of carboxylic acids is 2. The number of carbonyl (C=O) groups excluding carboxylic acids is 1. The summed E-state index contributed by atoms with van der Waals surface area (Å²) in [6.07, 6.45) is 3.89. The maximum absolute atomic E-state index is 10.8. The van der Waals surface area contributed by atoms with Gasteiger partial charge in [-0.05, 0) is 6.42 Å². The van der Waals surface area contributed by atoms with Crippen molar-refractivity contribution in [2.45, 2.75) is 12.8 Å². The highest BCUT2D eigenvalue weighted by atomic mass is 16.5. The Hall–Kier alpha value is -1.93. The van der Waals surface area contributed by atoms with Gasteiger partial charge < -0.3 is 24.4 Å². The Labute approximate surface area is 122 Å². The fourth-order valence-corrected chi connectivity index (χ4v) is 1.24. The summed E-state index contributed by atoms with van der Waals surface area (Å²) < 4.78 is 14.6. The predicted octanol–water partition coefficient (Wildman–Crippen LogP) is 0.314. The second kappa shape index (κ2) is 13.1. The SMILES string of the molecule is O=COCC(COCC=CCOCCCC(=O)O)C(=O)O. The lowest BCUT2D eigenvalue weighted by atomic mass is 10.2. The van der Waals surface area contributed by atoms with Crippen molar-refractivity contribution in [2.24, 2.45) is 5.92 Å². The van der Waals surface area contributed by atoms with Crippen molar-refractivity contribution in [2.75, 3.05) is 33.0 Å². The monoisotopic (exact) mass is 304 g/mol. The van der Waals surface area contributed by atoms with Crippen LogP contribution >= 0.6 is 0 Å². The molecule has 1 atom stereocenters. The summed E-state index contributed by atoms with van der Waals surface area (Å²) in [5.41, 5.74) is 0. The van der Waals surface area contributed by atoms with Gasteiger partial charge in [0.05, 0.1) is 19.8 Å². The molecule has 0 aliphatic carbocycles. The number of carboxylic acid groups (broad SMARTS) is 2. The molecule has 0 aliphatic rings. The number of hydrogen-bond acceptors (Lipinski definition) is 6. The van der Waals surface area contributed by atoms with Gasteiger partial charge in [0.2, 0.25) is 0 Å². The van der Waals surface area contributed by atoms with E-state index in [1.807, 2.05) is 0 Å². The largest absolute Gasteiger partial charge is 0.481 e. The molecule has 0 aromatic carbocycles. The molecule has 0 fully saturated rings. The van der Waals surface area contributed by atoms with Crippen molar-refractivity contribution in [1.82, 2.24) is 0 Å². The third-order valence-corrected chi connectivity index (χ3v) is 2.31. The van der Waals surface area contributed by atoms with E-state index in [2.05, 4.69) is 4.74 Å². The minimum absolute atomic E-state index is 0.0625. The Morgan fingerprint density at radius 2 is 1.71 bits per heavy atom. The van der Waals surface area contributed by atoms with Gasteiger partial charge in [0.25, 0.3) is 6.47 Å². The summed E-state index contributed by atoms with van der Waals surface area (Å²) in [6, 6.07) is 0. The molecule has 0 saturated carbocycles. The summed E-state index contributed by atoms with van der Waals surface area (Å²) >= 11 is 0. The molecule has 0 aromatic rings. The van der Waals surface area contributed by atoms with Crippen molar-refractivity contribution in [3.05, 3.63) is 12.2 Å². The van der Waals surface area contributed by atoms with Crippen molar-refractivity contribution in [3.63, 3.8) is 0 Å². The van der Waals surface area contributed by atoms with Crippen molar-refractivity contribution in [1.29, 1.82) is 0 Å². The predicted molar refractivity (Wildman–Crippen MR) is 70.8 cm³/mol. The van der Waals surface area contributed by atoms with E-state index in [0.29, 0.717) is 19.6 Å². The molecule has 0 aromatic heterocycles. The van der Waals surface area contributed by atoms with Gasteiger partial charge in [-0.15, -0.1) is 0 Å². The van der Waals surface area contributed by atoms with Crippen molar-refractivity contribution >= 4 is 18.4 Å². The summed E-state index contributed by atoms with van der Waals surface area (Å²) in [4.78, 5) is 31.0. The van der Waals surface area contributed by atoms with E-state index < -0.39 is 17.9 Å². The highest BCUT2D eigenvalue weighted by molar-refractivity contribution is 5.70. The Balaban J connectivity index is 3.55. The van der Waals surface area contributed by atoms with Crippen LogP contribution in [0.1, 0.15) is 12.8 Å². The average Bonchev–Trinajstić information content (AvgIpc) is 2.43. The minimum atomic E-state index is -1.09. The Morgan fingerprint density at radius 3 is 2.29 bits per heavy atom. The van der Waals surface area contributed by atoms with Gasteiger partial charge in [-0.1, -0.05) is 12.2 Å². The third-order valence-electron chi connectivity index (χ3n) is 2.31. The van der Waals surface area contributed by atoms with Crippen LogP contribution in [0.25, 0.3) is 0 Å². The summed E-state index contributed by atoms with van der Waals surface area (Å²) in [5.74, 6) is -2.84. The number of hydrogen-bond donors (Lipinski definition) is 2. The molecule has 2 N–H and O–H groups in total. The third kappa shape index (κ3) is 12.8. The Morgan fingerprint density at radius 1 is 1.05 bits per heavy atom. The van der Waals surface area contributed by atoms with Crippen LogP contribution in [0.4, 0.5) is 0 Å². The first-order valence-electron chi connectivity index (χ1n) is 6.38. The molecule has 0 bridgehead atoms. The van der Waals surface area contributed by atoms with Crippen LogP contribution in [0, 0.1) is 5.92 Å². The first-order valence-corrected chi connectivity index (χ1v) is 6.38. The molecule has 0 heterocycles. The lowest BCUT2D eigenvalue weighted by Crippen LogP contribution is -2.24. The Bertz CT molecular complexity index is 339. The molecule has 0 rings (SSSR count). The maximum Gasteiger partial charge on any atom is 0.312 e. The lowest BCUT2D eigenvalue weighted by Gasteiger charge is -2.10. The first-order chi connectivity index (χ1) is 10.1. The Kier molecular flexibility index (Phi) is 11.9. The van der Waals surface area contributed by atoms with Crippen LogP contribution < -0.4 is 0 Å². The van der Waals surface area contributed by atoms with E-state index in [1.165, 1.54) is 0 Å². The molecule has 0 aliphatic heterocycles. The quantitative estimate of drug-likeness (QED) is 0.267. The molecule has 0 saturated heterocycles. The molecule has 0 amide bonds.